The highest BCUT2D eigenvalue weighted by Gasteiger charge is 2.37. The van der Waals surface area contributed by atoms with Gasteiger partial charge in [0.15, 0.2) is 0 Å². The van der Waals surface area contributed by atoms with E-state index in [9.17, 15) is 0 Å². The van der Waals surface area contributed by atoms with E-state index in [2.05, 4.69) is 30.4 Å². The van der Waals surface area contributed by atoms with Gasteiger partial charge >= 0.3 is 0 Å². The summed E-state index contributed by atoms with van der Waals surface area (Å²) in [6.45, 7) is 3.54. The van der Waals surface area contributed by atoms with Crippen LogP contribution >= 0.6 is 0 Å². The zero-order valence-corrected chi connectivity index (χ0v) is 10.8. The third kappa shape index (κ3) is 2.19. The summed E-state index contributed by atoms with van der Waals surface area (Å²) in [5.41, 5.74) is 3.53. The molecule has 2 aliphatic rings. The van der Waals surface area contributed by atoms with Gasteiger partial charge in [0, 0.05) is 12.6 Å². The summed E-state index contributed by atoms with van der Waals surface area (Å²) in [6.07, 6.45) is 5.21. The van der Waals surface area contributed by atoms with E-state index in [4.69, 9.17) is 4.74 Å². The average Bonchev–Trinajstić information content (AvgIpc) is 2.95. The van der Waals surface area contributed by atoms with Crippen molar-refractivity contribution < 1.29 is 4.74 Å². The molecule has 0 aliphatic heterocycles. The van der Waals surface area contributed by atoms with Crippen molar-refractivity contribution in [1.29, 1.82) is 0 Å². The lowest BCUT2D eigenvalue weighted by Gasteiger charge is -2.17. The quantitative estimate of drug-likeness (QED) is 0.860. The van der Waals surface area contributed by atoms with Crippen LogP contribution in [0.5, 0.6) is 5.75 Å². The Morgan fingerprint density at radius 3 is 2.94 bits per heavy atom. The maximum atomic E-state index is 5.32. The van der Waals surface area contributed by atoms with Crippen LogP contribution in [-0.4, -0.2) is 13.7 Å². The summed E-state index contributed by atoms with van der Waals surface area (Å²) in [6, 6.07) is 7.03. The van der Waals surface area contributed by atoms with E-state index in [1.807, 2.05) is 0 Å². The van der Waals surface area contributed by atoms with Gasteiger partial charge in [0.1, 0.15) is 5.75 Å². The lowest BCUT2D eigenvalue weighted by atomic mass is 10.1. The number of benzene rings is 1. The van der Waals surface area contributed by atoms with Crippen molar-refractivity contribution in [2.24, 2.45) is 5.41 Å². The van der Waals surface area contributed by atoms with Crippen molar-refractivity contribution in [2.45, 2.75) is 38.6 Å². The molecule has 17 heavy (non-hydrogen) atoms. The Morgan fingerprint density at radius 1 is 1.41 bits per heavy atom. The molecule has 1 aromatic rings. The summed E-state index contributed by atoms with van der Waals surface area (Å²) in [5, 5.41) is 3.74. The van der Waals surface area contributed by atoms with Crippen LogP contribution in [0.2, 0.25) is 0 Å². The van der Waals surface area contributed by atoms with E-state index in [0.29, 0.717) is 11.5 Å². The Labute approximate surface area is 103 Å². The fraction of sp³-hybridized carbons (Fsp3) is 0.600. The fourth-order valence-electron chi connectivity index (χ4n) is 2.68. The standard InChI is InChI=1S/C15H21NO/c1-15(7-8-15)10-16-14-6-4-11-3-5-12(17-2)9-13(11)14/h3,5,9,14,16H,4,6-8,10H2,1-2H3. The first kappa shape index (κ1) is 11.1. The SMILES string of the molecule is COc1ccc2c(c1)C(NCC1(C)CC1)CC2. The monoisotopic (exact) mass is 231 g/mol. The number of aryl methyl sites for hydroxylation is 1. The van der Waals surface area contributed by atoms with Gasteiger partial charge in [-0.05, 0) is 54.4 Å². The van der Waals surface area contributed by atoms with Crippen LogP contribution in [0, 0.1) is 5.41 Å². The number of fused-ring (bicyclic) bond motifs is 1. The molecule has 0 radical (unpaired) electrons. The Bertz CT molecular complexity index is 423. The number of hydrogen-bond acceptors (Lipinski definition) is 2. The molecule has 0 aromatic heterocycles. The molecule has 92 valence electrons. The fourth-order valence-corrected chi connectivity index (χ4v) is 2.68. The number of hydrogen-bond donors (Lipinski definition) is 1. The Hall–Kier alpha value is -1.02. The Balaban J connectivity index is 1.72. The molecule has 2 heteroatoms. The van der Waals surface area contributed by atoms with Gasteiger partial charge in [-0.15, -0.1) is 0 Å². The molecule has 0 heterocycles. The maximum absolute atomic E-state index is 5.32. The summed E-state index contributed by atoms with van der Waals surface area (Å²) in [7, 11) is 1.74. The van der Waals surface area contributed by atoms with Gasteiger partial charge < -0.3 is 10.1 Å². The molecule has 0 saturated heterocycles. The Kier molecular flexibility index (Phi) is 2.62. The second-order valence-electron chi connectivity index (χ2n) is 5.85. The second kappa shape index (κ2) is 4.02. The van der Waals surface area contributed by atoms with Crippen molar-refractivity contribution in [3.63, 3.8) is 0 Å². The first-order valence-corrected chi connectivity index (χ1v) is 6.60. The van der Waals surface area contributed by atoms with Crippen LogP contribution in [-0.2, 0) is 6.42 Å². The lowest BCUT2D eigenvalue weighted by Crippen LogP contribution is -2.25. The minimum atomic E-state index is 0.539. The normalized spacial score (nSPS) is 24.5. The zero-order chi connectivity index (χ0) is 11.9. The molecule has 2 nitrogen and oxygen atoms in total. The molecule has 1 N–H and O–H groups in total. The maximum Gasteiger partial charge on any atom is 0.119 e. The van der Waals surface area contributed by atoms with Crippen LogP contribution in [0.1, 0.15) is 43.4 Å². The molecule has 2 aliphatic carbocycles. The first-order chi connectivity index (χ1) is 8.20. The number of nitrogens with one attached hydrogen (secondary N) is 1. The van der Waals surface area contributed by atoms with Gasteiger partial charge in [-0.2, -0.15) is 0 Å². The van der Waals surface area contributed by atoms with Gasteiger partial charge in [-0.3, -0.25) is 0 Å². The lowest BCUT2D eigenvalue weighted by molar-refractivity contribution is 0.411. The highest BCUT2D eigenvalue weighted by atomic mass is 16.5. The molecule has 1 fully saturated rings. The molecule has 0 amide bonds. The summed E-state index contributed by atoms with van der Waals surface area (Å²) in [4.78, 5) is 0. The van der Waals surface area contributed by atoms with E-state index in [1.54, 1.807) is 7.11 Å². The van der Waals surface area contributed by atoms with Crippen molar-refractivity contribution in [3.8, 4) is 5.75 Å². The molecular formula is C15H21NO. The van der Waals surface area contributed by atoms with E-state index in [0.717, 1.165) is 12.3 Å². The molecule has 0 bridgehead atoms. The zero-order valence-electron chi connectivity index (χ0n) is 10.8. The van der Waals surface area contributed by atoms with Crippen LogP contribution in [0.3, 0.4) is 0 Å². The van der Waals surface area contributed by atoms with Crippen molar-refractivity contribution in [1.82, 2.24) is 5.32 Å². The van der Waals surface area contributed by atoms with Gasteiger partial charge in [-0.1, -0.05) is 13.0 Å². The van der Waals surface area contributed by atoms with Gasteiger partial charge in [0.25, 0.3) is 0 Å². The third-order valence-electron chi connectivity index (χ3n) is 4.31. The molecular weight excluding hydrogens is 210 g/mol. The van der Waals surface area contributed by atoms with Crippen molar-refractivity contribution in [3.05, 3.63) is 29.3 Å². The summed E-state index contributed by atoms with van der Waals surface area (Å²) in [5.74, 6) is 0.982. The van der Waals surface area contributed by atoms with Gasteiger partial charge in [0.05, 0.1) is 7.11 Å². The van der Waals surface area contributed by atoms with Crippen LogP contribution < -0.4 is 10.1 Å². The van der Waals surface area contributed by atoms with Crippen molar-refractivity contribution >= 4 is 0 Å². The average molecular weight is 231 g/mol. The topological polar surface area (TPSA) is 21.3 Å². The van der Waals surface area contributed by atoms with Gasteiger partial charge in [-0.25, -0.2) is 0 Å². The number of methoxy groups -OCH3 is 1. The molecule has 1 unspecified atom stereocenters. The highest BCUT2D eigenvalue weighted by Crippen LogP contribution is 2.45. The number of rotatable bonds is 4. The first-order valence-electron chi connectivity index (χ1n) is 6.60. The van der Waals surface area contributed by atoms with Gasteiger partial charge in [0.2, 0.25) is 0 Å². The summed E-state index contributed by atoms with van der Waals surface area (Å²) >= 11 is 0. The molecule has 1 atom stereocenters. The molecule has 1 saturated carbocycles. The predicted molar refractivity (Wildman–Crippen MR) is 69.4 cm³/mol. The van der Waals surface area contributed by atoms with E-state index in [1.165, 1.54) is 36.8 Å². The largest absolute Gasteiger partial charge is 0.497 e. The molecule has 3 rings (SSSR count). The van der Waals surface area contributed by atoms with Crippen LogP contribution in [0.25, 0.3) is 0 Å². The van der Waals surface area contributed by atoms with Crippen molar-refractivity contribution in [2.75, 3.05) is 13.7 Å². The summed E-state index contributed by atoms with van der Waals surface area (Å²) < 4.78 is 5.32. The minimum absolute atomic E-state index is 0.539. The Morgan fingerprint density at radius 2 is 2.24 bits per heavy atom. The third-order valence-corrected chi connectivity index (χ3v) is 4.31. The van der Waals surface area contributed by atoms with E-state index >= 15 is 0 Å². The minimum Gasteiger partial charge on any atom is -0.497 e. The molecule has 1 aromatic carbocycles. The molecule has 0 spiro atoms. The van der Waals surface area contributed by atoms with Crippen LogP contribution in [0.4, 0.5) is 0 Å². The predicted octanol–water partition coefficient (Wildman–Crippen LogP) is 3.07. The highest BCUT2D eigenvalue weighted by molar-refractivity contribution is 5.40. The van der Waals surface area contributed by atoms with Crippen LogP contribution in [0.15, 0.2) is 18.2 Å². The van der Waals surface area contributed by atoms with E-state index < -0.39 is 0 Å². The second-order valence-corrected chi connectivity index (χ2v) is 5.85. The smallest absolute Gasteiger partial charge is 0.119 e. The van der Waals surface area contributed by atoms with E-state index in [-0.39, 0.29) is 0 Å². The number of ether oxygens (including phenoxy) is 1.